The Labute approximate surface area is 190 Å². The van der Waals surface area contributed by atoms with Crippen molar-refractivity contribution in [2.24, 2.45) is 0 Å². The molecular formula is C22H25ClN4O3S. The number of nitrogens with one attached hydrogen (secondary N) is 1. The van der Waals surface area contributed by atoms with Crippen LogP contribution in [0.1, 0.15) is 28.5 Å². The number of aromatic nitrogens is 2. The zero-order valence-corrected chi connectivity index (χ0v) is 19.5. The lowest BCUT2D eigenvalue weighted by atomic mass is 10.0. The number of aryl methyl sites for hydroxylation is 1. The number of carbonyl (C=O) groups excluding carboxylic acids is 2. The molecule has 0 aliphatic rings. The number of hydrogen-bond donors (Lipinski definition) is 1. The number of nitrogens with zero attached hydrogens (tertiary/aromatic N) is 3. The topological polar surface area (TPSA) is 76.5 Å². The number of hydrogen-bond acceptors (Lipinski definition) is 6. The van der Waals surface area contributed by atoms with Crippen molar-refractivity contribution in [2.75, 3.05) is 26.0 Å². The van der Waals surface area contributed by atoms with Crippen molar-refractivity contribution in [1.82, 2.24) is 14.7 Å². The van der Waals surface area contributed by atoms with Crippen LogP contribution in [0.5, 0.6) is 0 Å². The fourth-order valence-corrected chi connectivity index (χ4v) is 4.41. The summed E-state index contributed by atoms with van der Waals surface area (Å²) >= 11 is 7.26. The van der Waals surface area contributed by atoms with E-state index >= 15 is 0 Å². The van der Waals surface area contributed by atoms with E-state index in [0.717, 1.165) is 23.4 Å². The van der Waals surface area contributed by atoms with Crippen molar-refractivity contribution in [2.45, 2.75) is 26.9 Å². The van der Waals surface area contributed by atoms with Gasteiger partial charge in [-0.2, -0.15) is 5.10 Å². The minimum Gasteiger partial charge on any atom is -0.465 e. The molecule has 2 aromatic heterocycles. The van der Waals surface area contributed by atoms with Gasteiger partial charge in [-0.05, 0) is 38.6 Å². The van der Waals surface area contributed by atoms with Gasteiger partial charge >= 0.3 is 5.97 Å². The molecular weight excluding hydrogens is 436 g/mol. The molecule has 9 heteroatoms. The van der Waals surface area contributed by atoms with Crippen LogP contribution in [-0.4, -0.2) is 47.3 Å². The Morgan fingerprint density at radius 1 is 1.29 bits per heavy atom. The van der Waals surface area contributed by atoms with Crippen LogP contribution in [0, 0.1) is 6.92 Å². The molecule has 0 saturated carbocycles. The number of benzene rings is 1. The molecule has 0 aliphatic carbocycles. The maximum absolute atomic E-state index is 12.7. The van der Waals surface area contributed by atoms with E-state index in [1.54, 1.807) is 12.1 Å². The first-order chi connectivity index (χ1) is 14.8. The molecule has 0 saturated heterocycles. The Bertz CT molecular complexity index is 1080. The van der Waals surface area contributed by atoms with Gasteiger partial charge in [0.15, 0.2) is 0 Å². The van der Waals surface area contributed by atoms with E-state index in [0.29, 0.717) is 27.7 Å². The number of esters is 1. The largest absolute Gasteiger partial charge is 0.465 e. The first-order valence-corrected chi connectivity index (χ1v) is 11.0. The van der Waals surface area contributed by atoms with Crippen molar-refractivity contribution in [3.8, 4) is 11.1 Å². The zero-order chi connectivity index (χ0) is 22.5. The van der Waals surface area contributed by atoms with Gasteiger partial charge in [0.05, 0.1) is 19.9 Å². The lowest BCUT2D eigenvalue weighted by molar-refractivity contribution is -0.117. The minimum atomic E-state index is -0.502. The van der Waals surface area contributed by atoms with Crippen LogP contribution in [0.4, 0.5) is 5.00 Å². The predicted molar refractivity (Wildman–Crippen MR) is 124 cm³/mol. The maximum Gasteiger partial charge on any atom is 0.341 e. The Balaban J connectivity index is 1.73. The number of amides is 1. The molecule has 7 nitrogen and oxygen atoms in total. The lowest BCUT2D eigenvalue weighted by Crippen LogP contribution is -2.30. The number of thiophene rings is 1. The molecule has 1 aromatic carbocycles. The molecule has 164 valence electrons. The van der Waals surface area contributed by atoms with Crippen LogP contribution >= 0.6 is 22.9 Å². The Morgan fingerprint density at radius 3 is 2.61 bits per heavy atom. The van der Waals surface area contributed by atoms with Crippen molar-refractivity contribution in [3.05, 3.63) is 57.7 Å². The van der Waals surface area contributed by atoms with Gasteiger partial charge in [0.1, 0.15) is 10.6 Å². The van der Waals surface area contributed by atoms with E-state index < -0.39 is 5.97 Å². The molecule has 0 atom stereocenters. The fourth-order valence-electron chi connectivity index (χ4n) is 3.31. The van der Waals surface area contributed by atoms with Gasteiger partial charge in [-0.15, -0.1) is 11.3 Å². The lowest BCUT2D eigenvalue weighted by Gasteiger charge is -2.16. The summed E-state index contributed by atoms with van der Waals surface area (Å²) in [7, 11) is 3.20. The summed E-state index contributed by atoms with van der Waals surface area (Å²) in [6.07, 6.45) is 1.83. The molecule has 0 radical (unpaired) electrons. The second-order valence-electron chi connectivity index (χ2n) is 7.14. The molecule has 1 N–H and O–H groups in total. The maximum atomic E-state index is 12.7. The SMILES string of the molecule is CCn1ncc(CN(C)CC(=O)Nc2scc(-c3ccc(Cl)cc3)c2C(=O)OC)c1C. The van der Waals surface area contributed by atoms with E-state index in [9.17, 15) is 9.59 Å². The van der Waals surface area contributed by atoms with Gasteiger partial charge in [0.2, 0.25) is 5.91 Å². The molecule has 0 aliphatic heterocycles. The van der Waals surface area contributed by atoms with Crippen molar-refractivity contribution >= 4 is 39.8 Å². The summed E-state index contributed by atoms with van der Waals surface area (Å²) in [4.78, 5) is 27.0. The van der Waals surface area contributed by atoms with Gasteiger partial charge in [-0.25, -0.2) is 4.79 Å². The van der Waals surface area contributed by atoms with Gasteiger partial charge in [0.25, 0.3) is 0 Å². The number of carbonyl (C=O) groups is 2. The van der Waals surface area contributed by atoms with Gasteiger partial charge < -0.3 is 10.1 Å². The molecule has 1 amide bonds. The third-order valence-electron chi connectivity index (χ3n) is 4.95. The van der Waals surface area contributed by atoms with Crippen LogP contribution in [0.15, 0.2) is 35.8 Å². The minimum absolute atomic E-state index is 0.172. The van der Waals surface area contributed by atoms with E-state index in [1.807, 2.05) is 54.2 Å². The molecule has 2 heterocycles. The van der Waals surface area contributed by atoms with E-state index in [1.165, 1.54) is 18.4 Å². The predicted octanol–water partition coefficient (Wildman–Crippen LogP) is 4.45. The number of halogens is 1. The first kappa shape index (κ1) is 23.0. The molecule has 31 heavy (non-hydrogen) atoms. The highest BCUT2D eigenvalue weighted by molar-refractivity contribution is 7.15. The Hall–Kier alpha value is -2.68. The third-order valence-corrected chi connectivity index (χ3v) is 6.09. The van der Waals surface area contributed by atoms with Crippen LogP contribution in [-0.2, 0) is 22.6 Å². The average molecular weight is 461 g/mol. The van der Waals surface area contributed by atoms with Crippen molar-refractivity contribution in [3.63, 3.8) is 0 Å². The number of methoxy groups -OCH3 is 1. The standard InChI is InChI=1S/C22H25ClN4O3S/c1-5-27-14(2)16(10-24-27)11-26(3)12-19(28)25-21-20(22(29)30-4)18(13-31-21)15-6-8-17(23)9-7-15/h6-10,13H,5,11-12H2,1-4H3,(H,25,28). The number of likely N-dealkylation sites (N-methyl/N-ethyl adjacent to an activating group) is 1. The van der Waals surface area contributed by atoms with Gasteiger partial charge in [0, 0.05) is 40.3 Å². The number of anilines is 1. The fraction of sp³-hybridized carbons (Fsp3) is 0.318. The van der Waals surface area contributed by atoms with Crippen molar-refractivity contribution in [1.29, 1.82) is 0 Å². The van der Waals surface area contributed by atoms with E-state index in [-0.39, 0.29) is 12.5 Å². The normalized spacial score (nSPS) is 11.0. The van der Waals surface area contributed by atoms with Crippen molar-refractivity contribution < 1.29 is 14.3 Å². The van der Waals surface area contributed by atoms with Crippen LogP contribution in [0.25, 0.3) is 11.1 Å². The molecule has 0 bridgehead atoms. The smallest absolute Gasteiger partial charge is 0.341 e. The molecule has 3 rings (SSSR count). The molecule has 0 spiro atoms. The highest BCUT2D eigenvalue weighted by atomic mass is 35.5. The van der Waals surface area contributed by atoms with Gasteiger partial charge in [-0.3, -0.25) is 14.4 Å². The summed E-state index contributed by atoms with van der Waals surface area (Å²) in [5.41, 5.74) is 4.02. The second-order valence-corrected chi connectivity index (χ2v) is 8.46. The van der Waals surface area contributed by atoms with E-state index in [2.05, 4.69) is 10.4 Å². The molecule has 0 fully saturated rings. The summed E-state index contributed by atoms with van der Waals surface area (Å²) in [5, 5.41) is 10.1. The summed E-state index contributed by atoms with van der Waals surface area (Å²) in [6, 6.07) is 7.17. The Morgan fingerprint density at radius 2 is 2.00 bits per heavy atom. The number of rotatable bonds is 8. The van der Waals surface area contributed by atoms with Crippen LogP contribution < -0.4 is 5.32 Å². The average Bonchev–Trinajstić information content (AvgIpc) is 3.31. The van der Waals surface area contributed by atoms with Crippen LogP contribution in [0.2, 0.25) is 5.02 Å². The Kier molecular flexibility index (Phi) is 7.48. The monoisotopic (exact) mass is 460 g/mol. The van der Waals surface area contributed by atoms with Crippen LogP contribution in [0.3, 0.4) is 0 Å². The zero-order valence-electron chi connectivity index (χ0n) is 17.9. The highest BCUT2D eigenvalue weighted by Crippen LogP contribution is 2.36. The summed E-state index contributed by atoms with van der Waals surface area (Å²) in [6.45, 7) is 5.64. The number of ether oxygens (including phenoxy) is 1. The second kappa shape index (κ2) is 10.1. The molecule has 0 unspecified atom stereocenters. The summed E-state index contributed by atoms with van der Waals surface area (Å²) in [5.74, 6) is -0.713. The third kappa shape index (κ3) is 5.33. The van der Waals surface area contributed by atoms with E-state index in [4.69, 9.17) is 16.3 Å². The molecule has 3 aromatic rings. The quantitative estimate of drug-likeness (QED) is 0.502. The first-order valence-electron chi connectivity index (χ1n) is 9.79. The summed E-state index contributed by atoms with van der Waals surface area (Å²) < 4.78 is 6.89. The van der Waals surface area contributed by atoms with Gasteiger partial charge in [-0.1, -0.05) is 23.7 Å². The highest BCUT2D eigenvalue weighted by Gasteiger charge is 2.23.